The third-order valence-corrected chi connectivity index (χ3v) is 3.05. The second-order valence-corrected chi connectivity index (χ2v) is 4.61. The lowest BCUT2D eigenvalue weighted by molar-refractivity contribution is 1.19. The molecule has 1 aromatic heterocycles. The molecule has 6 heteroatoms. The van der Waals surface area contributed by atoms with Crippen LogP contribution in [-0.2, 0) is 0 Å². The van der Waals surface area contributed by atoms with Crippen molar-refractivity contribution in [3.8, 4) is 11.1 Å². The van der Waals surface area contributed by atoms with Crippen molar-refractivity contribution in [3.63, 3.8) is 0 Å². The Kier molecular flexibility index (Phi) is 3.74. The first kappa shape index (κ1) is 13.7. The highest BCUT2D eigenvalue weighted by molar-refractivity contribution is 5.74. The highest BCUT2D eigenvalue weighted by Crippen LogP contribution is 2.26. The fraction of sp³-hybridized carbons (Fsp3) is 0. The molecule has 108 valence electrons. The monoisotopic (exact) mass is 290 g/mol. The Morgan fingerprint density at radius 3 is 2.05 bits per heavy atom. The summed E-state index contributed by atoms with van der Waals surface area (Å²) in [6, 6.07) is 17.1. The van der Waals surface area contributed by atoms with Crippen molar-refractivity contribution in [2.45, 2.75) is 0 Å². The van der Waals surface area contributed by atoms with Gasteiger partial charge < -0.3 is 11.5 Å². The molecule has 0 saturated carbocycles. The SMILES string of the molecule is Nc1ncc(-c2ccc(N=Nc3ccccc3)cc2)c(N)n1. The first-order chi connectivity index (χ1) is 10.7. The largest absolute Gasteiger partial charge is 0.383 e. The Morgan fingerprint density at radius 2 is 1.41 bits per heavy atom. The maximum absolute atomic E-state index is 5.85. The van der Waals surface area contributed by atoms with E-state index < -0.39 is 0 Å². The van der Waals surface area contributed by atoms with E-state index in [4.69, 9.17) is 11.5 Å². The molecule has 6 nitrogen and oxygen atoms in total. The van der Waals surface area contributed by atoms with E-state index in [1.165, 1.54) is 0 Å². The number of nitrogen functional groups attached to an aromatic ring is 2. The molecule has 0 spiro atoms. The van der Waals surface area contributed by atoms with E-state index in [0.717, 1.165) is 22.5 Å². The predicted molar refractivity (Wildman–Crippen MR) is 86.9 cm³/mol. The molecule has 1 heterocycles. The summed E-state index contributed by atoms with van der Waals surface area (Å²) in [5, 5.41) is 8.36. The van der Waals surface area contributed by atoms with Crippen LogP contribution in [0.15, 0.2) is 71.0 Å². The molecule has 0 amide bonds. The molecule has 3 aromatic rings. The van der Waals surface area contributed by atoms with Crippen LogP contribution in [0.1, 0.15) is 0 Å². The Hall–Kier alpha value is -3.28. The van der Waals surface area contributed by atoms with Gasteiger partial charge in [0.2, 0.25) is 5.95 Å². The predicted octanol–water partition coefficient (Wildman–Crippen LogP) is 3.72. The maximum Gasteiger partial charge on any atom is 0.221 e. The summed E-state index contributed by atoms with van der Waals surface area (Å²) in [7, 11) is 0. The molecular weight excluding hydrogens is 276 g/mol. The van der Waals surface area contributed by atoms with E-state index in [0.29, 0.717) is 5.82 Å². The molecule has 0 saturated heterocycles. The Balaban J connectivity index is 1.82. The van der Waals surface area contributed by atoms with Gasteiger partial charge >= 0.3 is 0 Å². The number of nitrogens with two attached hydrogens (primary N) is 2. The molecular formula is C16H14N6. The maximum atomic E-state index is 5.85. The normalized spacial score (nSPS) is 10.9. The van der Waals surface area contributed by atoms with Crippen LogP contribution >= 0.6 is 0 Å². The van der Waals surface area contributed by atoms with Crippen LogP contribution in [0.2, 0.25) is 0 Å². The molecule has 2 aromatic carbocycles. The molecule has 3 rings (SSSR count). The molecule has 0 atom stereocenters. The van der Waals surface area contributed by atoms with E-state index in [-0.39, 0.29) is 5.95 Å². The smallest absolute Gasteiger partial charge is 0.221 e. The summed E-state index contributed by atoms with van der Waals surface area (Å²) in [4.78, 5) is 7.91. The van der Waals surface area contributed by atoms with Crippen molar-refractivity contribution in [2.75, 3.05) is 11.5 Å². The molecule has 0 aliphatic rings. The highest BCUT2D eigenvalue weighted by Gasteiger charge is 2.05. The van der Waals surface area contributed by atoms with Crippen LogP contribution in [0.3, 0.4) is 0 Å². The number of anilines is 2. The van der Waals surface area contributed by atoms with Crippen molar-refractivity contribution in [1.29, 1.82) is 0 Å². The minimum atomic E-state index is 0.162. The van der Waals surface area contributed by atoms with Gasteiger partial charge in [-0.3, -0.25) is 0 Å². The van der Waals surface area contributed by atoms with Gasteiger partial charge in [0.1, 0.15) is 5.82 Å². The Bertz CT molecular complexity index is 797. The molecule has 0 unspecified atom stereocenters. The van der Waals surface area contributed by atoms with Crippen LogP contribution in [-0.4, -0.2) is 9.97 Å². The van der Waals surface area contributed by atoms with E-state index in [1.54, 1.807) is 6.20 Å². The molecule has 4 N–H and O–H groups in total. The van der Waals surface area contributed by atoms with Gasteiger partial charge in [-0.15, -0.1) is 0 Å². The summed E-state index contributed by atoms with van der Waals surface area (Å²) in [5.74, 6) is 0.515. The standard InChI is InChI=1S/C16H14N6/c17-15-14(10-19-16(18)20-15)11-6-8-13(9-7-11)22-21-12-4-2-1-3-5-12/h1-10H,(H4,17,18,19,20). The summed E-state index contributed by atoms with van der Waals surface area (Å²) in [5.41, 5.74) is 14.5. The fourth-order valence-corrected chi connectivity index (χ4v) is 1.95. The van der Waals surface area contributed by atoms with Crippen molar-refractivity contribution >= 4 is 23.1 Å². The third kappa shape index (κ3) is 3.06. The zero-order valence-corrected chi connectivity index (χ0v) is 11.7. The van der Waals surface area contributed by atoms with E-state index in [1.807, 2.05) is 54.6 Å². The van der Waals surface area contributed by atoms with Gasteiger partial charge in [0.15, 0.2) is 0 Å². The number of hydrogen-bond acceptors (Lipinski definition) is 6. The van der Waals surface area contributed by atoms with Crippen LogP contribution in [0, 0.1) is 0 Å². The summed E-state index contributed by atoms with van der Waals surface area (Å²) < 4.78 is 0. The number of nitrogens with zero attached hydrogens (tertiary/aromatic N) is 4. The van der Waals surface area contributed by atoms with Crippen molar-refractivity contribution in [2.24, 2.45) is 10.2 Å². The molecule has 0 fully saturated rings. The highest BCUT2D eigenvalue weighted by atomic mass is 15.1. The van der Waals surface area contributed by atoms with Crippen LogP contribution in [0.25, 0.3) is 11.1 Å². The number of benzene rings is 2. The zero-order chi connectivity index (χ0) is 15.4. The average Bonchev–Trinajstić information content (AvgIpc) is 2.55. The number of hydrogen-bond donors (Lipinski definition) is 2. The molecule has 0 radical (unpaired) electrons. The van der Waals surface area contributed by atoms with E-state index in [2.05, 4.69) is 20.2 Å². The van der Waals surface area contributed by atoms with E-state index in [9.17, 15) is 0 Å². The third-order valence-electron chi connectivity index (χ3n) is 3.05. The first-order valence-corrected chi connectivity index (χ1v) is 6.67. The molecule has 0 bridgehead atoms. The van der Waals surface area contributed by atoms with Crippen molar-refractivity contribution < 1.29 is 0 Å². The fourth-order valence-electron chi connectivity index (χ4n) is 1.95. The van der Waals surface area contributed by atoms with Crippen molar-refractivity contribution in [3.05, 3.63) is 60.8 Å². The topological polar surface area (TPSA) is 103 Å². The number of azo groups is 1. The van der Waals surface area contributed by atoms with Gasteiger partial charge in [-0.2, -0.15) is 15.2 Å². The van der Waals surface area contributed by atoms with Gasteiger partial charge in [0, 0.05) is 11.8 Å². The Labute approximate surface area is 127 Å². The lowest BCUT2D eigenvalue weighted by Crippen LogP contribution is -2.00. The second-order valence-electron chi connectivity index (χ2n) is 4.61. The quantitative estimate of drug-likeness (QED) is 0.717. The van der Waals surface area contributed by atoms with Crippen LogP contribution < -0.4 is 11.5 Å². The summed E-state index contributed by atoms with van der Waals surface area (Å²) in [6.07, 6.45) is 1.61. The Morgan fingerprint density at radius 1 is 0.773 bits per heavy atom. The first-order valence-electron chi connectivity index (χ1n) is 6.67. The average molecular weight is 290 g/mol. The van der Waals surface area contributed by atoms with Gasteiger partial charge in [-0.25, -0.2) is 4.98 Å². The van der Waals surface area contributed by atoms with Gasteiger partial charge in [0.05, 0.1) is 11.4 Å². The van der Waals surface area contributed by atoms with Crippen LogP contribution in [0.5, 0.6) is 0 Å². The van der Waals surface area contributed by atoms with E-state index >= 15 is 0 Å². The number of rotatable bonds is 3. The van der Waals surface area contributed by atoms with Gasteiger partial charge in [0.25, 0.3) is 0 Å². The minimum absolute atomic E-state index is 0.162. The summed E-state index contributed by atoms with van der Waals surface area (Å²) >= 11 is 0. The molecule has 0 aliphatic carbocycles. The number of aromatic nitrogens is 2. The second kappa shape index (κ2) is 6.01. The lowest BCUT2D eigenvalue weighted by atomic mass is 10.1. The molecule has 22 heavy (non-hydrogen) atoms. The lowest BCUT2D eigenvalue weighted by Gasteiger charge is -2.05. The summed E-state index contributed by atoms with van der Waals surface area (Å²) in [6.45, 7) is 0. The zero-order valence-electron chi connectivity index (χ0n) is 11.7. The van der Waals surface area contributed by atoms with Gasteiger partial charge in [-0.05, 0) is 29.8 Å². The minimum Gasteiger partial charge on any atom is -0.383 e. The van der Waals surface area contributed by atoms with Crippen LogP contribution in [0.4, 0.5) is 23.1 Å². The molecule has 0 aliphatic heterocycles. The van der Waals surface area contributed by atoms with Crippen molar-refractivity contribution in [1.82, 2.24) is 9.97 Å². The van der Waals surface area contributed by atoms with Gasteiger partial charge in [-0.1, -0.05) is 30.3 Å².